The number of hydrazone groups is 1. The molecule has 0 bridgehead atoms. The lowest BCUT2D eigenvalue weighted by Gasteiger charge is -2.24. The third-order valence-corrected chi connectivity index (χ3v) is 7.34. The molecule has 3 aromatic rings. The van der Waals surface area contributed by atoms with Gasteiger partial charge in [0.15, 0.2) is 0 Å². The number of aryl methyl sites for hydroxylation is 2. The molecule has 0 atom stereocenters. The van der Waals surface area contributed by atoms with Crippen LogP contribution < -0.4 is 9.73 Å². The van der Waals surface area contributed by atoms with Gasteiger partial charge in [0.1, 0.15) is 6.54 Å². The number of hydrogen-bond donors (Lipinski definition) is 1. The van der Waals surface area contributed by atoms with Gasteiger partial charge in [0, 0.05) is 4.88 Å². The molecular formula is C21H20ClN3O3S2. The molecule has 0 aliphatic rings. The van der Waals surface area contributed by atoms with Crippen molar-refractivity contribution in [1.29, 1.82) is 0 Å². The normalized spacial score (nSPS) is 11.6. The first-order valence-electron chi connectivity index (χ1n) is 8.99. The van der Waals surface area contributed by atoms with Crippen LogP contribution in [0.3, 0.4) is 0 Å². The van der Waals surface area contributed by atoms with Gasteiger partial charge in [0.05, 0.1) is 21.8 Å². The van der Waals surface area contributed by atoms with E-state index in [0.717, 1.165) is 20.3 Å². The van der Waals surface area contributed by atoms with E-state index in [1.54, 1.807) is 36.4 Å². The van der Waals surface area contributed by atoms with Crippen LogP contribution in [0.25, 0.3) is 0 Å². The van der Waals surface area contributed by atoms with Crippen LogP contribution in [0.4, 0.5) is 5.69 Å². The van der Waals surface area contributed by atoms with Gasteiger partial charge in [-0.15, -0.1) is 11.3 Å². The number of amides is 1. The Morgan fingerprint density at radius 2 is 1.83 bits per heavy atom. The fourth-order valence-electron chi connectivity index (χ4n) is 2.64. The molecule has 156 valence electrons. The third-order valence-electron chi connectivity index (χ3n) is 4.29. The Morgan fingerprint density at radius 1 is 1.13 bits per heavy atom. The van der Waals surface area contributed by atoms with E-state index >= 15 is 0 Å². The van der Waals surface area contributed by atoms with Crippen molar-refractivity contribution in [1.82, 2.24) is 5.43 Å². The first kappa shape index (κ1) is 22.0. The summed E-state index contributed by atoms with van der Waals surface area (Å²) in [5.74, 6) is -0.587. The minimum absolute atomic E-state index is 0.0681. The van der Waals surface area contributed by atoms with Crippen LogP contribution in [-0.2, 0) is 14.8 Å². The van der Waals surface area contributed by atoms with Crippen LogP contribution in [0.5, 0.6) is 0 Å². The molecule has 0 fully saturated rings. The lowest BCUT2D eigenvalue weighted by atomic mass is 10.2. The van der Waals surface area contributed by atoms with Gasteiger partial charge in [0.25, 0.3) is 15.9 Å². The van der Waals surface area contributed by atoms with Crippen LogP contribution in [0.1, 0.15) is 16.0 Å². The van der Waals surface area contributed by atoms with Gasteiger partial charge in [-0.05, 0) is 55.1 Å². The second-order valence-electron chi connectivity index (χ2n) is 6.54. The summed E-state index contributed by atoms with van der Waals surface area (Å²) >= 11 is 7.74. The van der Waals surface area contributed by atoms with Crippen molar-refractivity contribution in [3.8, 4) is 0 Å². The summed E-state index contributed by atoms with van der Waals surface area (Å²) in [6.07, 6.45) is 1.53. The summed E-state index contributed by atoms with van der Waals surface area (Å²) in [7, 11) is -4.03. The number of hydrogen-bond acceptors (Lipinski definition) is 5. The molecule has 9 heteroatoms. The van der Waals surface area contributed by atoms with Crippen molar-refractivity contribution >= 4 is 50.8 Å². The predicted octanol–water partition coefficient (Wildman–Crippen LogP) is 4.36. The number of nitrogens with one attached hydrogen (secondary N) is 1. The second kappa shape index (κ2) is 9.42. The molecule has 1 N–H and O–H groups in total. The molecule has 1 aromatic heterocycles. The fourth-order valence-corrected chi connectivity index (χ4v) is 5.15. The van der Waals surface area contributed by atoms with E-state index < -0.39 is 22.5 Å². The van der Waals surface area contributed by atoms with E-state index in [-0.39, 0.29) is 15.6 Å². The van der Waals surface area contributed by atoms with Crippen molar-refractivity contribution in [3.63, 3.8) is 0 Å². The number of anilines is 1. The minimum atomic E-state index is -4.03. The molecule has 30 heavy (non-hydrogen) atoms. The largest absolute Gasteiger partial charge is 0.271 e. The summed E-state index contributed by atoms with van der Waals surface area (Å²) in [6, 6.07) is 14.8. The van der Waals surface area contributed by atoms with Crippen molar-refractivity contribution in [2.24, 2.45) is 5.10 Å². The van der Waals surface area contributed by atoms with Crippen LogP contribution in [0.15, 0.2) is 70.0 Å². The molecule has 3 rings (SSSR count). The molecule has 0 saturated carbocycles. The molecule has 1 heterocycles. The predicted molar refractivity (Wildman–Crippen MR) is 122 cm³/mol. The number of thiophene rings is 1. The smallest absolute Gasteiger partial charge is 0.264 e. The van der Waals surface area contributed by atoms with E-state index in [1.165, 1.54) is 29.7 Å². The highest BCUT2D eigenvalue weighted by Gasteiger charge is 2.28. The highest BCUT2D eigenvalue weighted by atomic mass is 35.5. The summed E-state index contributed by atoms with van der Waals surface area (Å²) in [5, 5.41) is 6.08. The van der Waals surface area contributed by atoms with Crippen molar-refractivity contribution in [2.75, 3.05) is 10.8 Å². The van der Waals surface area contributed by atoms with E-state index in [0.29, 0.717) is 0 Å². The van der Waals surface area contributed by atoms with Crippen molar-refractivity contribution in [2.45, 2.75) is 18.7 Å². The quantitative estimate of drug-likeness (QED) is 0.419. The highest BCUT2D eigenvalue weighted by molar-refractivity contribution is 7.92. The van der Waals surface area contributed by atoms with Crippen LogP contribution in [0, 0.1) is 13.8 Å². The Balaban J connectivity index is 1.87. The number of halogens is 1. The summed E-state index contributed by atoms with van der Waals surface area (Å²) < 4.78 is 27.6. The molecule has 2 aromatic carbocycles. The van der Waals surface area contributed by atoms with Gasteiger partial charge >= 0.3 is 0 Å². The Hall–Kier alpha value is -2.68. The van der Waals surface area contributed by atoms with Gasteiger partial charge < -0.3 is 0 Å². The Morgan fingerprint density at radius 3 is 2.47 bits per heavy atom. The number of sulfonamides is 1. The first-order chi connectivity index (χ1) is 14.3. The fraction of sp³-hybridized carbons (Fsp3) is 0.143. The monoisotopic (exact) mass is 461 g/mol. The molecule has 0 aliphatic carbocycles. The molecule has 1 amide bonds. The Kier molecular flexibility index (Phi) is 6.91. The van der Waals surface area contributed by atoms with Crippen LogP contribution in [0.2, 0.25) is 5.02 Å². The first-order valence-corrected chi connectivity index (χ1v) is 11.7. The maximum Gasteiger partial charge on any atom is 0.264 e. The van der Waals surface area contributed by atoms with E-state index in [9.17, 15) is 13.2 Å². The van der Waals surface area contributed by atoms with E-state index in [1.807, 2.05) is 25.3 Å². The van der Waals surface area contributed by atoms with Gasteiger partial charge in [0.2, 0.25) is 0 Å². The van der Waals surface area contributed by atoms with E-state index in [4.69, 9.17) is 11.6 Å². The molecular weight excluding hydrogens is 442 g/mol. The van der Waals surface area contributed by atoms with Gasteiger partial charge in [-0.2, -0.15) is 5.10 Å². The van der Waals surface area contributed by atoms with Gasteiger partial charge in [-0.1, -0.05) is 41.4 Å². The van der Waals surface area contributed by atoms with Gasteiger partial charge in [-0.3, -0.25) is 9.10 Å². The van der Waals surface area contributed by atoms with Crippen molar-refractivity contribution in [3.05, 3.63) is 81.0 Å². The zero-order valence-corrected chi connectivity index (χ0v) is 18.8. The number of carbonyl (C=O) groups excluding carboxylic acids is 1. The molecule has 0 spiro atoms. The van der Waals surface area contributed by atoms with E-state index in [2.05, 4.69) is 10.5 Å². The second-order valence-corrected chi connectivity index (χ2v) is 9.75. The summed E-state index contributed by atoms with van der Waals surface area (Å²) in [5.41, 5.74) is 4.57. The standard InChI is InChI=1S/C21H20ClN3O3S2/c1-15-7-9-17(10-8-15)30(27,28)25(19-6-4-3-5-18(19)22)14-21(26)24-23-13-20-16(2)11-12-29-20/h3-13H,14H2,1-2H3,(H,24,26)/b23-13-. The average Bonchev–Trinajstić information content (AvgIpc) is 3.12. The highest BCUT2D eigenvalue weighted by Crippen LogP contribution is 2.30. The summed E-state index contributed by atoms with van der Waals surface area (Å²) in [4.78, 5) is 13.5. The lowest BCUT2D eigenvalue weighted by Crippen LogP contribution is -2.39. The third kappa shape index (κ3) is 5.08. The zero-order valence-electron chi connectivity index (χ0n) is 16.4. The number of rotatable bonds is 7. The maximum absolute atomic E-state index is 13.3. The molecule has 0 radical (unpaired) electrons. The Labute approximate surface area is 184 Å². The topological polar surface area (TPSA) is 78.8 Å². The lowest BCUT2D eigenvalue weighted by molar-refractivity contribution is -0.119. The molecule has 0 aliphatic heterocycles. The number of carbonyl (C=O) groups is 1. The average molecular weight is 462 g/mol. The number of nitrogens with zero attached hydrogens (tertiary/aromatic N) is 2. The maximum atomic E-state index is 13.3. The molecule has 6 nitrogen and oxygen atoms in total. The zero-order chi connectivity index (χ0) is 21.7. The summed E-state index contributed by atoms with van der Waals surface area (Å²) in [6.45, 7) is 3.33. The van der Waals surface area contributed by atoms with Crippen molar-refractivity contribution < 1.29 is 13.2 Å². The minimum Gasteiger partial charge on any atom is -0.271 e. The number of benzene rings is 2. The molecule has 0 unspecified atom stereocenters. The van der Waals surface area contributed by atoms with Crippen LogP contribution in [-0.4, -0.2) is 27.1 Å². The SMILES string of the molecule is Cc1ccc(S(=O)(=O)N(CC(=O)N/N=C\c2sccc2C)c2ccccc2Cl)cc1. The van der Waals surface area contributed by atoms with Crippen LogP contribution >= 0.6 is 22.9 Å². The van der Waals surface area contributed by atoms with Gasteiger partial charge in [-0.25, -0.2) is 13.8 Å². The number of para-hydroxylation sites is 1. The molecule has 0 saturated heterocycles. The Bertz CT molecular complexity index is 1170.